The van der Waals surface area contributed by atoms with Gasteiger partial charge in [-0.3, -0.25) is 0 Å². The fourth-order valence-corrected chi connectivity index (χ4v) is 4.38. The van der Waals surface area contributed by atoms with Crippen molar-refractivity contribution in [1.82, 2.24) is 24.5 Å². The minimum atomic E-state index is -3.64. The van der Waals surface area contributed by atoms with Crippen molar-refractivity contribution in [3.63, 3.8) is 0 Å². The van der Waals surface area contributed by atoms with Crippen LogP contribution in [0.3, 0.4) is 0 Å². The van der Waals surface area contributed by atoms with Crippen molar-refractivity contribution in [1.29, 1.82) is 0 Å². The van der Waals surface area contributed by atoms with Crippen molar-refractivity contribution in [3.05, 3.63) is 71.5 Å². The largest absolute Gasteiger partial charge is 0.475 e. The van der Waals surface area contributed by atoms with E-state index in [0.717, 1.165) is 5.56 Å². The SMILES string of the molecule is Cc1ccc(S(=O)(=O)NCCOc2ccc3nnc(-c4ccc(F)cc4)n3n2)c(C)c1. The summed E-state index contributed by atoms with van der Waals surface area (Å²) in [4.78, 5) is 0.242. The molecule has 0 aliphatic rings. The Morgan fingerprint density at radius 2 is 1.81 bits per heavy atom. The second kappa shape index (κ2) is 8.40. The maximum atomic E-state index is 13.2. The van der Waals surface area contributed by atoms with Crippen molar-refractivity contribution in [2.45, 2.75) is 18.7 Å². The number of fused-ring (bicyclic) bond motifs is 1. The van der Waals surface area contributed by atoms with Crippen LogP contribution in [-0.4, -0.2) is 41.4 Å². The number of aryl methyl sites for hydroxylation is 2. The van der Waals surface area contributed by atoms with E-state index in [-0.39, 0.29) is 29.7 Å². The van der Waals surface area contributed by atoms with Crippen LogP contribution in [0.25, 0.3) is 17.0 Å². The van der Waals surface area contributed by atoms with E-state index < -0.39 is 10.0 Å². The summed E-state index contributed by atoms with van der Waals surface area (Å²) >= 11 is 0. The van der Waals surface area contributed by atoms with E-state index >= 15 is 0 Å². The number of nitrogens with one attached hydrogen (secondary N) is 1. The molecule has 2 heterocycles. The molecular weight excluding hydrogens is 421 g/mol. The number of nitrogens with zero attached hydrogens (tertiary/aromatic N) is 4. The van der Waals surface area contributed by atoms with Crippen LogP contribution in [0, 0.1) is 19.7 Å². The van der Waals surface area contributed by atoms with Crippen LogP contribution in [0.2, 0.25) is 0 Å². The summed E-state index contributed by atoms with van der Waals surface area (Å²) in [5, 5.41) is 12.5. The summed E-state index contributed by atoms with van der Waals surface area (Å²) in [7, 11) is -3.64. The van der Waals surface area contributed by atoms with Gasteiger partial charge in [-0.2, -0.15) is 4.52 Å². The molecule has 0 saturated carbocycles. The van der Waals surface area contributed by atoms with E-state index in [4.69, 9.17) is 4.74 Å². The maximum absolute atomic E-state index is 13.2. The molecule has 0 amide bonds. The van der Waals surface area contributed by atoms with Gasteiger partial charge >= 0.3 is 0 Å². The molecule has 8 nitrogen and oxygen atoms in total. The number of hydrogen-bond donors (Lipinski definition) is 1. The Morgan fingerprint density at radius 1 is 1.03 bits per heavy atom. The number of ether oxygens (including phenoxy) is 1. The standard InChI is InChI=1S/C21H20FN5O3S/c1-14-3-8-18(15(2)13-14)31(28,29)23-11-12-30-20-10-9-19-24-25-21(27(19)26-20)16-4-6-17(22)7-5-16/h3-10,13,23H,11-12H2,1-2H3. The summed E-state index contributed by atoms with van der Waals surface area (Å²) in [6, 6.07) is 14.3. The van der Waals surface area contributed by atoms with Crippen molar-refractivity contribution < 1.29 is 17.5 Å². The summed E-state index contributed by atoms with van der Waals surface area (Å²) in [6.07, 6.45) is 0. The van der Waals surface area contributed by atoms with Crippen molar-refractivity contribution in [3.8, 4) is 17.3 Å². The minimum Gasteiger partial charge on any atom is -0.475 e. The molecule has 160 valence electrons. The first-order valence-corrected chi connectivity index (χ1v) is 11.0. The molecule has 2 aromatic carbocycles. The van der Waals surface area contributed by atoms with Gasteiger partial charge in [-0.25, -0.2) is 17.5 Å². The van der Waals surface area contributed by atoms with E-state index in [9.17, 15) is 12.8 Å². The van der Waals surface area contributed by atoms with Crippen molar-refractivity contribution in [2.24, 2.45) is 0 Å². The highest BCUT2D eigenvalue weighted by Gasteiger charge is 2.16. The zero-order chi connectivity index (χ0) is 22.0. The Hall–Kier alpha value is -3.37. The lowest BCUT2D eigenvalue weighted by atomic mass is 10.2. The minimum absolute atomic E-state index is 0.0718. The fourth-order valence-electron chi connectivity index (χ4n) is 3.14. The number of hydrogen-bond acceptors (Lipinski definition) is 6. The van der Waals surface area contributed by atoms with Crippen LogP contribution in [0.15, 0.2) is 59.5 Å². The van der Waals surface area contributed by atoms with E-state index in [0.29, 0.717) is 22.6 Å². The predicted molar refractivity (Wildman–Crippen MR) is 113 cm³/mol. The molecule has 0 atom stereocenters. The smallest absolute Gasteiger partial charge is 0.240 e. The lowest BCUT2D eigenvalue weighted by Gasteiger charge is -2.10. The van der Waals surface area contributed by atoms with Gasteiger partial charge in [0.15, 0.2) is 11.5 Å². The third kappa shape index (κ3) is 4.54. The maximum Gasteiger partial charge on any atom is 0.240 e. The Morgan fingerprint density at radius 3 is 2.55 bits per heavy atom. The summed E-state index contributed by atoms with van der Waals surface area (Å²) in [6.45, 7) is 3.82. The summed E-state index contributed by atoms with van der Waals surface area (Å²) < 4.78 is 47.8. The number of sulfonamides is 1. The van der Waals surface area contributed by atoms with Gasteiger partial charge in [0.05, 0.1) is 4.90 Å². The van der Waals surface area contributed by atoms with Crippen molar-refractivity contribution in [2.75, 3.05) is 13.2 Å². The van der Waals surface area contributed by atoms with E-state index in [2.05, 4.69) is 20.0 Å². The number of rotatable bonds is 7. The highest BCUT2D eigenvalue weighted by molar-refractivity contribution is 7.89. The molecule has 4 rings (SSSR count). The molecule has 0 spiro atoms. The quantitative estimate of drug-likeness (QED) is 0.443. The van der Waals surface area contributed by atoms with Gasteiger partial charge in [0.1, 0.15) is 12.4 Å². The second-order valence-corrected chi connectivity index (χ2v) is 8.72. The fraction of sp³-hybridized carbons (Fsp3) is 0.190. The highest BCUT2D eigenvalue weighted by atomic mass is 32.2. The monoisotopic (exact) mass is 441 g/mol. The van der Waals surface area contributed by atoms with Gasteiger partial charge < -0.3 is 4.74 Å². The van der Waals surface area contributed by atoms with E-state index in [1.165, 1.54) is 16.6 Å². The molecule has 10 heteroatoms. The van der Waals surface area contributed by atoms with Crippen LogP contribution in [0.1, 0.15) is 11.1 Å². The van der Waals surface area contributed by atoms with Crippen LogP contribution in [0.5, 0.6) is 5.88 Å². The molecule has 4 aromatic rings. The summed E-state index contributed by atoms with van der Waals surface area (Å²) in [5.41, 5.74) is 2.83. The zero-order valence-corrected chi connectivity index (χ0v) is 17.7. The van der Waals surface area contributed by atoms with Crippen LogP contribution >= 0.6 is 0 Å². The van der Waals surface area contributed by atoms with Gasteiger partial charge in [0, 0.05) is 18.2 Å². The van der Waals surface area contributed by atoms with Gasteiger partial charge in [-0.05, 0) is 55.8 Å². The first-order chi connectivity index (χ1) is 14.8. The first kappa shape index (κ1) is 20.9. The van der Waals surface area contributed by atoms with Gasteiger partial charge in [0.25, 0.3) is 0 Å². The van der Waals surface area contributed by atoms with Crippen LogP contribution in [0.4, 0.5) is 4.39 Å². The van der Waals surface area contributed by atoms with E-state index in [1.54, 1.807) is 43.3 Å². The molecule has 0 aliphatic carbocycles. The molecule has 0 aliphatic heterocycles. The number of halogens is 1. The van der Waals surface area contributed by atoms with Crippen LogP contribution < -0.4 is 9.46 Å². The molecule has 0 saturated heterocycles. The molecule has 0 radical (unpaired) electrons. The zero-order valence-electron chi connectivity index (χ0n) is 16.9. The first-order valence-electron chi connectivity index (χ1n) is 9.52. The summed E-state index contributed by atoms with van der Waals surface area (Å²) in [5.74, 6) is 0.371. The van der Waals surface area contributed by atoms with Gasteiger partial charge in [-0.1, -0.05) is 17.7 Å². The molecule has 0 bridgehead atoms. The molecule has 2 aromatic heterocycles. The molecule has 1 N–H and O–H groups in total. The van der Waals surface area contributed by atoms with Crippen LogP contribution in [-0.2, 0) is 10.0 Å². The van der Waals surface area contributed by atoms with E-state index in [1.807, 2.05) is 13.0 Å². The molecule has 31 heavy (non-hydrogen) atoms. The average Bonchev–Trinajstić information content (AvgIpc) is 3.15. The van der Waals surface area contributed by atoms with Crippen molar-refractivity contribution >= 4 is 15.7 Å². The third-order valence-corrected chi connectivity index (χ3v) is 6.23. The average molecular weight is 441 g/mol. The van der Waals surface area contributed by atoms with Gasteiger partial charge in [0.2, 0.25) is 15.9 Å². The topological polar surface area (TPSA) is 98.5 Å². The normalized spacial score (nSPS) is 11.7. The predicted octanol–water partition coefficient (Wildman–Crippen LogP) is 2.90. The highest BCUT2D eigenvalue weighted by Crippen LogP contribution is 2.19. The van der Waals surface area contributed by atoms with Gasteiger partial charge in [-0.15, -0.1) is 15.3 Å². The lowest BCUT2D eigenvalue weighted by Crippen LogP contribution is -2.29. The second-order valence-electron chi connectivity index (χ2n) is 6.99. The molecular formula is C21H20FN5O3S. The Labute approximate surface area is 178 Å². The number of benzene rings is 2. The Kier molecular flexibility index (Phi) is 5.66. The molecule has 0 unspecified atom stereocenters. The molecule has 0 fully saturated rings. The Bertz CT molecular complexity index is 1340. The Balaban J connectivity index is 1.43. The third-order valence-electron chi connectivity index (χ3n) is 4.60. The number of aromatic nitrogens is 4. The lowest BCUT2D eigenvalue weighted by molar-refractivity contribution is 0.306.